The van der Waals surface area contributed by atoms with Crippen LogP contribution in [0.15, 0.2) is 30.7 Å². The number of rotatable bonds is 1. The summed E-state index contributed by atoms with van der Waals surface area (Å²) in [4.78, 5) is 4.16. The number of pyridine rings is 1. The highest BCUT2D eigenvalue weighted by molar-refractivity contribution is 6.51. The molecule has 3 heteroatoms. The van der Waals surface area contributed by atoms with Crippen LogP contribution in [0, 0.1) is 0 Å². The summed E-state index contributed by atoms with van der Waals surface area (Å²) in [5.41, 5.74) is 2.36. The molecule has 0 saturated heterocycles. The fourth-order valence-corrected chi connectivity index (χ4v) is 1.18. The van der Waals surface area contributed by atoms with E-state index in [0.29, 0.717) is 0 Å². The van der Waals surface area contributed by atoms with Crippen LogP contribution in [0.5, 0.6) is 0 Å². The van der Waals surface area contributed by atoms with Crippen LogP contribution in [0.4, 0.5) is 0 Å². The van der Waals surface area contributed by atoms with E-state index in [4.69, 9.17) is 0 Å². The molecular weight excluding hydrogens is 135 g/mol. The summed E-state index contributed by atoms with van der Waals surface area (Å²) < 4.78 is 2.04. The first-order valence-electron chi connectivity index (χ1n) is 3.82. The Hall–Kier alpha value is -1.25. The summed E-state index contributed by atoms with van der Waals surface area (Å²) in [6, 6.07) is 4.15. The molecule has 0 saturated carbocycles. The van der Waals surface area contributed by atoms with Gasteiger partial charge in [0.05, 0.1) is 0 Å². The average molecular weight is 144 g/mol. The Morgan fingerprint density at radius 1 is 1.45 bits per heavy atom. The third-order valence-corrected chi connectivity index (χ3v) is 1.86. The van der Waals surface area contributed by atoms with Crippen molar-refractivity contribution in [3.05, 3.63) is 30.7 Å². The smallest absolute Gasteiger partial charge is 0.156 e. The van der Waals surface area contributed by atoms with Gasteiger partial charge in [0.25, 0.3) is 0 Å². The van der Waals surface area contributed by atoms with E-state index in [0.717, 1.165) is 12.9 Å². The minimum Gasteiger partial charge on any atom is -0.308 e. The molecule has 0 amide bonds. The van der Waals surface area contributed by atoms with Crippen molar-refractivity contribution in [2.75, 3.05) is 0 Å². The Morgan fingerprint density at radius 2 is 2.36 bits per heavy atom. The van der Waals surface area contributed by atoms with E-state index >= 15 is 0 Å². The summed E-state index contributed by atoms with van der Waals surface area (Å²) in [5, 5.41) is 0. The molecule has 2 nitrogen and oxygen atoms in total. The molecule has 11 heavy (non-hydrogen) atoms. The van der Waals surface area contributed by atoms with Crippen molar-refractivity contribution in [3.8, 4) is 0 Å². The lowest BCUT2D eigenvalue weighted by Gasteiger charge is -1.96. The number of nitrogens with zero attached hydrogens (tertiary/aromatic N) is 2. The molecule has 54 valence electrons. The first kappa shape index (κ1) is 6.46. The van der Waals surface area contributed by atoms with Crippen molar-refractivity contribution in [2.24, 2.45) is 0 Å². The van der Waals surface area contributed by atoms with Crippen LogP contribution in [0.1, 0.15) is 0 Å². The molecule has 0 spiro atoms. The van der Waals surface area contributed by atoms with Crippen molar-refractivity contribution in [2.45, 2.75) is 6.82 Å². The van der Waals surface area contributed by atoms with Gasteiger partial charge in [-0.05, 0) is 6.07 Å². The average Bonchev–Trinajstić information content (AvgIpc) is 2.50. The third-order valence-electron chi connectivity index (χ3n) is 1.86. The molecule has 0 radical (unpaired) electrons. The maximum absolute atomic E-state index is 4.16. The molecular formula is C8H9BN2. The highest BCUT2D eigenvalue weighted by atomic mass is 15.0. The van der Waals surface area contributed by atoms with Gasteiger partial charge in [-0.2, -0.15) is 0 Å². The minimum absolute atomic E-state index is 1.02. The molecule has 0 aliphatic heterocycles. The first-order chi connectivity index (χ1) is 5.40. The lowest BCUT2D eigenvalue weighted by atomic mass is 9.74. The molecule has 0 aliphatic rings. The van der Waals surface area contributed by atoms with Crippen molar-refractivity contribution in [3.63, 3.8) is 0 Å². The molecule has 0 fully saturated rings. The van der Waals surface area contributed by atoms with E-state index in [1.165, 1.54) is 5.46 Å². The molecule has 2 rings (SSSR count). The van der Waals surface area contributed by atoms with Gasteiger partial charge in [-0.15, -0.1) is 0 Å². The zero-order chi connectivity index (χ0) is 7.68. The van der Waals surface area contributed by atoms with Crippen LogP contribution >= 0.6 is 0 Å². The van der Waals surface area contributed by atoms with Gasteiger partial charge in [-0.25, -0.2) is 4.98 Å². The minimum atomic E-state index is 1.02. The zero-order valence-corrected chi connectivity index (χ0v) is 6.49. The Balaban J connectivity index is 2.67. The second-order valence-electron chi connectivity index (χ2n) is 2.58. The van der Waals surface area contributed by atoms with Gasteiger partial charge in [-0.1, -0.05) is 18.4 Å². The van der Waals surface area contributed by atoms with Crippen molar-refractivity contribution in [1.29, 1.82) is 0 Å². The van der Waals surface area contributed by atoms with E-state index in [-0.39, 0.29) is 0 Å². The number of hydrogen-bond donors (Lipinski definition) is 0. The molecule has 0 bridgehead atoms. The molecule has 0 N–H and O–H groups in total. The van der Waals surface area contributed by atoms with E-state index < -0.39 is 0 Å². The largest absolute Gasteiger partial charge is 0.308 e. The van der Waals surface area contributed by atoms with Gasteiger partial charge in [0.2, 0.25) is 0 Å². The van der Waals surface area contributed by atoms with Gasteiger partial charge < -0.3 is 4.40 Å². The van der Waals surface area contributed by atoms with E-state index in [9.17, 15) is 0 Å². The van der Waals surface area contributed by atoms with E-state index in [1.807, 2.05) is 22.9 Å². The maximum Gasteiger partial charge on any atom is 0.156 e. The fourth-order valence-electron chi connectivity index (χ4n) is 1.18. The van der Waals surface area contributed by atoms with Crippen LogP contribution in [0.3, 0.4) is 0 Å². The quantitative estimate of drug-likeness (QED) is 0.531. The van der Waals surface area contributed by atoms with Crippen molar-refractivity contribution >= 4 is 18.4 Å². The van der Waals surface area contributed by atoms with Crippen LogP contribution < -0.4 is 5.46 Å². The lowest BCUT2D eigenvalue weighted by molar-refractivity contribution is 1.20. The Bertz CT molecular complexity index is 367. The fraction of sp³-hybridized carbons (Fsp3) is 0.125. The van der Waals surface area contributed by atoms with E-state index in [2.05, 4.69) is 24.1 Å². The Labute approximate surface area is 66.1 Å². The van der Waals surface area contributed by atoms with Gasteiger partial charge in [0, 0.05) is 18.6 Å². The predicted molar refractivity (Wildman–Crippen MR) is 47.8 cm³/mol. The van der Waals surface area contributed by atoms with Crippen molar-refractivity contribution < 1.29 is 0 Å². The number of hydrogen-bond acceptors (Lipinski definition) is 1. The second-order valence-corrected chi connectivity index (χ2v) is 2.58. The summed E-state index contributed by atoms with van der Waals surface area (Å²) in [7, 11) is 1.08. The Kier molecular flexibility index (Phi) is 1.42. The predicted octanol–water partition coefficient (Wildman–Crippen LogP) is 0.444. The van der Waals surface area contributed by atoms with Gasteiger partial charge >= 0.3 is 0 Å². The number of imidazole rings is 1. The second kappa shape index (κ2) is 2.42. The summed E-state index contributed by atoms with van der Waals surface area (Å²) >= 11 is 0. The topological polar surface area (TPSA) is 17.3 Å². The SMILES string of the molecule is CBc1ccc2nccn2c1. The molecule has 2 aromatic rings. The lowest BCUT2D eigenvalue weighted by Crippen LogP contribution is -2.11. The van der Waals surface area contributed by atoms with Gasteiger partial charge in [0.1, 0.15) is 5.65 Å². The molecule has 0 aromatic carbocycles. The molecule has 0 atom stereocenters. The van der Waals surface area contributed by atoms with Crippen LogP contribution in [-0.4, -0.2) is 16.7 Å². The standard InChI is InChI=1S/C8H9BN2/c1-9-7-2-3-8-10-4-5-11(8)6-7/h2-6,9H,1H3. The van der Waals surface area contributed by atoms with Gasteiger partial charge in [0.15, 0.2) is 7.28 Å². The van der Waals surface area contributed by atoms with Gasteiger partial charge in [-0.3, -0.25) is 0 Å². The normalized spacial score (nSPS) is 10.3. The monoisotopic (exact) mass is 144 g/mol. The van der Waals surface area contributed by atoms with Crippen LogP contribution in [0.2, 0.25) is 6.82 Å². The molecule has 2 aromatic heterocycles. The summed E-state index contributed by atoms with van der Waals surface area (Å²) in [5.74, 6) is 0. The highest BCUT2D eigenvalue weighted by Crippen LogP contribution is 1.95. The van der Waals surface area contributed by atoms with Crippen LogP contribution in [0.25, 0.3) is 5.65 Å². The summed E-state index contributed by atoms with van der Waals surface area (Å²) in [6.45, 7) is 2.15. The number of aromatic nitrogens is 2. The van der Waals surface area contributed by atoms with Crippen molar-refractivity contribution in [1.82, 2.24) is 9.38 Å². The highest BCUT2D eigenvalue weighted by Gasteiger charge is 1.93. The molecule has 0 unspecified atom stereocenters. The first-order valence-corrected chi connectivity index (χ1v) is 3.82. The molecule has 2 heterocycles. The van der Waals surface area contributed by atoms with Crippen LogP contribution in [-0.2, 0) is 0 Å². The molecule has 0 aliphatic carbocycles. The Morgan fingerprint density at radius 3 is 3.18 bits per heavy atom. The maximum atomic E-state index is 4.16. The number of fused-ring (bicyclic) bond motifs is 1. The third kappa shape index (κ3) is 1.02. The van der Waals surface area contributed by atoms with E-state index in [1.54, 1.807) is 0 Å². The summed E-state index contributed by atoms with van der Waals surface area (Å²) in [6.07, 6.45) is 5.89. The zero-order valence-electron chi connectivity index (χ0n) is 6.49.